The minimum Gasteiger partial charge on any atom is -0.385 e. The minimum atomic E-state index is 0.0491. The molecule has 0 fully saturated rings. The van der Waals surface area contributed by atoms with Gasteiger partial charge in [-0.2, -0.15) is 5.26 Å². The van der Waals surface area contributed by atoms with Crippen LogP contribution in [-0.2, 0) is 9.47 Å². The zero-order valence-corrected chi connectivity index (χ0v) is 12.7. The van der Waals surface area contributed by atoms with Crippen LogP contribution >= 0.6 is 0 Å². The molecule has 21 heavy (non-hydrogen) atoms. The molecule has 5 nitrogen and oxygen atoms in total. The Balaban J connectivity index is 2.58. The van der Waals surface area contributed by atoms with Crippen molar-refractivity contribution in [3.8, 4) is 6.07 Å². The van der Waals surface area contributed by atoms with Crippen molar-refractivity contribution in [2.45, 2.75) is 6.42 Å². The predicted molar refractivity (Wildman–Crippen MR) is 80.3 cm³/mol. The van der Waals surface area contributed by atoms with Gasteiger partial charge in [-0.3, -0.25) is 9.69 Å². The van der Waals surface area contributed by atoms with Crippen LogP contribution in [0.3, 0.4) is 0 Å². The van der Waals surface area contributed by atoms with Gasteiger partial charge in [-0.15, -0.1) is 0 Å². The van der Waals surface area contributed by atoms with Crippen LogP contribution in [0.25, 0.3) is 0 Å². The highest BCUT2D eigenvalue weighted by Crippen LogP contribution is 2.06. The normalized spacial score (nSPS) is 10.6. The van der Waals surface area contributed by atoms with E-state index in [1.54, 1.807) is 38.5 Å². The van der Waals surface area contributed by atoms with Crippen molar-refractivity contribution >= 4 is 5.78 Å². The summed E-state index contributed by atoms with van der Waals surface area (Å²) in [5.74, 6) is 0.0491. The van der Waals surface area contributed by atoms with Gasteiger partial charge in [0.15, 0.2) is 5.78 Å². The molecule has 0 aliphatic rings. The smallest absolute Gasteiger partial charge is 0.176 e. The third-order valence-electron chi connectivity index (χ3n) is 3.14. The van der Waals surface area contributed by atoms with Gasteiger partial charge in [-0.05, 0) is 18.6 Å². The number of hydrogen-bond acceptors (Lipinski definition) is 5. The average Bonchev–Trinajstić information content (AvgIpc) is 2.52. The summed E-state index contributed by atoms with van der Waals surface area (Å²) in [4.78, 5) is 14.3. The molecule has 0 atom stereocenters. The molecule has 0 aliphatic heterocycles. The Bertz CT molecular complexity index is 465. The van der Waals surface area contributed by atoms with E-state index in [0.29, 0.717) is 37.4 Å². The summed E-state index contributed by atoms with van der Waals surface area (Å²) in [7, 11) is 3.32. The van der Waals surface area contributed by atoms with E-state index in [2.05, 4.69) is 4.90 Å². The maximum Gasteiger partial charge on any atom is 0.176 e. The predicted octanol–water partition coefficient (Wildman–Crippen LogP) is 1.73. The van der Waals surface area contributed by atoms with Crippen molar-refractivity contribution in [2.75, 3.05) is 47.1 Å². The van der Waals surface area contributed by atoms with Crippen LogP contribution < -0.4 is 0 Å². The van der Waals surface area contributed by atoms with Gasteiger partial charge >= 0.3 is 0 Å². The molecule has 0 aliphatic carbocycles. The van der Waals surface area contributed by atoms with E-state index in [9.17, 15) is 4.79 Å². The molecule has 0 aromatic heterocycles. The Morgan fingerprint density at radius 2 is 1.81 bits per heavy atom. The molecule has 0 heterocycles. The van der Waals surface area contributed by atoms with Crippen LogP contribution in [0.15, 0.2) is 24.3 Å². The molecule has 0 spiro atoms. The third-order valence-corrected chi connectivity index (χ3v) is 3.14. The highest BCUT2D eigenvalue weighted by molar-refractivity contribution is 5.97. The molecular weight excluding hydrogens is 268 g/mol. The number of Topliss-reactive ketones (excluding diaryl/α,β-unsaturated/α-hetero) is 1. The Kier molecular flexibility index (Phi) is 8.29. The molecule has 114 valence electrons. The number of hydrogen-bond donors (Lipinski definition) is 0. The fourth-order valence-corrected chi connectivity index (χ4v) is 1.95. The van der Waals surface area contributed by atoms with Crippen LogP contribution in [0.5, 0.6) is 0 Å². The van der Waals surface area contributed by atoms with Crippen molar-refractivity contribution < 1.29 is 14.3 Å². The van der Waals surface area contributed by atoms with Crippen molar-refractivity contribution in [3.05, 3.63) is 35.4 Å². The van der Waals surface area contributed by atoms with E-state index in [1.807, 2.05) is 6.07 Å². The lowest BCUT2D eigenvalue weighted by atomic mass is 10.1. The van der Waals surface area contributed by atoms with Gasteiger partial charge in [-0.25, -0.2) is 0 Å². The largest absolute Gasteiger partial charge is 0.385 e. The standard InChI is InChI=1S/C16H22N2O3/c1-20-10-3-8-18(9-11-21-2)13-16(19)15-6-4-14(12-17)5-7-15/h4-7H,3,8-11,13H2,1-2H3. The molecule has 0 bridgehead atoms. The number of methoxy groups -OCH3 is 2. The van der Waals surface area contributed by atoms with E-state index in [1.165, 1.54) is 0 Å². The van der Waals surface area contributed by atoms with Gasteiger partial charge in [0, 0.05) is 39.5 Å². The van der Waals surface area contributed by atoms with E-state index in [0.717, 1.165) is 13.0 Å². The molecule has 1 aromatic rings. The quantitative estimate of drug-likeness (QED) is 0.485. The van der Waals surface area contributed by atoms with E-state index >= 15 is 0 Å². The second-order valence-electron chi connectivity index (χ2n) is 4.73. The molecule has 0 N–H and O–H groups in total. The van der Waals surface area contributed by atoms with Crippen LogP contribution in [0, 0.1) is 11.3 Å². The van der Waals surface area contributed by atoms with Crippen LogP contribution in [-0.4, -0.2) is 57.8 Å². The maximum absolute atomic E-state index is 12.3. The van der Waals surface area contributed by atoms with Gasteiger partial charge in [0.25, 0.3) is 0 Å². The number of ketones is 1. The van der Waals surface area contributed by atoms with Crippen molar-refractivity contribution in [2.24, 2.45) is 0 Å². The summed E-state index contributed by atoms with van der Waals surface area (Å²) in [6.45, 7) is 3.11. The summed E-state index contributed by atoms with van der Waals surface area (Å²) in [6.07, 6.45) is 0.876. The number of carbonyl (C=O) groups is 1. The first-order valence-electron chi connectivity index (χ1n) is 6.95. The lowest BCUT2D eigenvalue weighted by Crippen LogP contribution is -2.34. The Hall–Kier alpha value is -1.74. The van der Waals surface area contributed by atoms with Gasteiger partial charge in [0.2, 0.25) is 0 Å². The molecule has 1 aromatic carbocycles. The first-order chi connectivity index (χ1) is 10.2. The Labute approximate surface area is 126 Å². The SMILES string of the molecule is COCCCN(CCOC)CC(=O)c1ccc(C#N)cc1. The number of nitriles is 1. The topological polar surface area (TPSA) is 62.6 Å². The Morgan fingerprint density at radius 3 is 2.38 bits per heavy atom. The first kappa shape index (κ1) is 17.3. The van der Waals surface area contributed by atoms with Crippen LogP contribution in [0.2, 0.25) is 0 Å². The van der Waals surface area contributed by atoms with Crippen LogP contribution in [0.1, 0.15) is 22.3 Å². The molecule has 0 saturated heterocycles. The number of rotatable bonds is 10. The van der Waals surface area contributed by atoms with Gasteiger partial charge in [0.1, 0.15) is 0 Å². The lowest BCUT2D eigenvalue weighted by molar-refractivity contribution is 0.0878. The molecule has 1 rings (SSSR count). The highest BCUT2D eigenvalue weighted by atomic mass is 16.5. The second-order valence-corrected chi connectivity index (χ2v) is 4.73. The van der Waals surface area contributed by atoms with E-state index < -0.39 is 0 Å². The monoisotopic (exact) mass is 290 g/mol. The van der Waals surface area contributed by atoms with Crippen molar-refractivity contribution in [1.29, 1.82) is 5.26 Å². The van der Waals surface area contributed by atoms with E-state index in [4.69, 9.17) is 14.7 Å². The summed E-state index contributed by atoms with van der Waals surface area (Å²) < 4.78 is 10.1. The summed E-state index contributed by atoms with van der Waals surface area (Å²) in [5.41, 5.74) is 1.19. The van der Waals surface area contributed by atoms with Gasteiger partial charge in [-0.1, -0.05) is 12.1 Å². The summed E-state index contributed by atoms with van der Waals surface area (Å²) in [5, 5.41) is 8.76. The molecule has 0 amide bonds. The summed E-state index contributed by atoms with van der Waals surface area (Å²) in [6, 6.07) is 8.77. The average molecular weight is 290 g/mol. The molecule has 0 unspecified atom stereocenters. The fourth-order valence-electron chi connectivity index (χ4n) is 1.95. The number of carbonyl (C=O) groups excluding carboxylic acids is 1. The number of benzene rings is 1. The molecule has 0 radical (unpaired) electrons. The second kappa shape index (κ2) is 10.1. The number of ether oxygens (including phenoxy) is 2. The first-order valence-corrected chi connectivity index (χ1v) is 6.95. The lowest BCUT2D eigenvalue weighted by Gasteiger charge is -2.21. The molecule has 0 saturated carbocycles. The third kappa shape index (κ3) is 6.50. The minimum absolute atomic E-state index is 0.0491. The zero-order chi connectivity index (χ0) is 15.5. The number of nitrogens with zero attached hydrogens (tertiary/aromatic N) is 2. The van der Waals surface area contributed by atoms with Crippen molar-refractivity contribution in [1.82, 2.24) is 4.90 Å². The van der Waals surface area contributed by atoms with Crippen LogP contribution in [0.4, 0.5) is 0 Å². The zero-order valence-electron chi connectivity index (χ0n) is 12.7. The molecular formula is C16H22N2O3. The maximum atomic E-state index is 12.3. The van der Waals surface area contributed by atoms with Crippen molar-refractivity contribution in [3.63, 3.8) is 0 Å². The Morgan fingerprint density at radius 1 is 1.14 bits per heavy atom. The molecule has 5 heteroatoms. The fraction of sp³-hybridized carbons (Fsp3) is 0.500. The van der Waals surface area contributed by atoms with Gasteiger partial charge < -0.3 is 9.47 Å². The highest BCUT2D eigenvalue weighted by Gasteiger charge is 2.12. The van der Waals surface area contributed by atoms with Gasteiger partial charge in [0.05, 0.1) is 24.8 Å². The summed E-state index contributed by atoms with van der Waals surface area (Å²) >= 11 is 0. The van der Waals surface area contributed by atoms with E-state index in [-0.39, 0.29) is 5.78 Å².